The van der Waals surface area contributed by atoms with E-state index < -0.39 is 10.0 Å². The molecule has 2 aromatic rings. The molecule has 0 radical (unpaired) electrons. The lowest BCUT2D eigenvalue weighted by atomic mass is 10.1. The van der Waals surface area contributed by atoms with Crippen LogP contribution in [0.4, 0.5) is 16.2 Å². The number of benzene rings is 2. The predicted octanol–water partition coefficient (Wildman–Crippen LogP) is 3.67. The highest BCUT2D eigenvalue weighted by molar-refractivity contribution is 7.92. The smallest absolute Gasteiger partial charge is 0.321 e. The molecule has 2 aromatic carbocycles. The van der Waals surface area contributed by atoms with Crippen molar-refractivity contribution in [2.75, 3.05) is 22.8 Å². The summed E-state index contributed by atoms with van der Waals surface area (Å²) in [5.41, 5.74) is 3.39. The van der Waals surface area contributed by atoms with E-state index in [0.29, 0.717) is 17.9 Å². The van der Waals surface area contributed by atoms with Crippen molar-refractivity contribution in [2.45, 2.75) is 26.8 Å². The third kappa shape index (κ3) is 5.77. The lowest BCUT2D eigenvalue weighted by Crippen LogP contribution is -2.30. The molecule has 2 amide bonds. The topological polar surface area (TPSA) is 78.5 Å². The summed E-state index contributed by atoms with van der Waals surface area (Å²) in [5, 5.41) is 2.80. The zero-order valence-electron chi connectivity index (χ0n) is 15.3. The van der Waals surface area contributed by atoms with Gasteiger partial charge in [-0.1, -0.05) is 31.2 Å². The second kappa shape index (κ2) is 8.71. The van der Waals surface area contributed by atoms with E-state index >= 15 is 0 Å². The Kier molecular flexibility index (Phi) is 6.63. The van der Waals surface area contributed by atoms with Crippen LogP contribution in [0.1, 0.15) is 25.0 Å². The number of hydrogen-bond acceptors (Lipinski definition) is 3. The van der Waals surface area contributed by atoms with Crippen molar-refractivity contribution in [1.29, 1.82) is 0 Å². The van der Waals surface area contributed by atoms with E-state index in [-0.39, 0.29) is 11.8 Å². The Morgan fingerprint density at radius 2 is 1.46 bits per heavy atom. The van der Waals surface area contributed by atoms with E-state index in [4.69, 9.17) is 0 Å². The van der Waals surface area contributed by atoms with E-state index in [0.717, 1.165) is 12.0 Å². The van der Waals surface area contributed by atoms with Crippen LogP contribution in [-0.4, -0.2) is 32.1 Å². The number of urea groups is 1. The fraction of sp³-hybridized carbons (Fsp3) is 0.316. The first kappa shape index (κ1) is 19.8. The minimum absolute atomic E-state index is 0.00944. The summed E-state index contributed by atoms with van der Waals surface area (Å²) < 4.78 is 25.6. The van der Waals surface area contributed by atoms with Crippen LogP contribution < -0.4 is 10.0 Å². The van der Waals surface area contributed by atoms with Gasteiger partial charge in [-0.25, -0.2) is 13.2 Å². The van der Waals surface area contributed by atoms with Crippen LogP contribution in [0.3, 0.4) is 0 Å². The molecule has 0 heterocycles. The lowest BCUT2D eigenvalue weighted by Gasteiger charge is -2.18. The van der Waals surface area contributed by atoms with Crippen LogP contribution in [-0.2, 0) is 23.0 Å². The highest BCUT2D eigenvalue weighted by Crippen LogP contribution is 2.16. The molecule has 0 atom stereocenters. The van der Waals surface area contributed by atoms with Crippen LogP contribution in [0.5, 0.6) is 0 Å². The average molecular weight is 375 g/mol. The molecule has 26 heavy (non-hydrogen) atoms. The lowest BCUT2D eigenvalue weighted by molar-refractivity contribution is 0.220. The van der Waals surface area contributed by atoms with Crippen LogP contribution in [0.2, 0.25) is 0 Å². The van der Waals surface area contributed by atoms with Crippen molar-refractivity contribution in [2.24, 2.45) is 0 Å². The van der Waals surface area contributed by atoms with Crippen LogP contribution in [0.15, 0.2) is 48.5 Å². The minimum Gasteiger partial charge on any atom is -0.323 e. The summed E-state index contributed by atoms with van der Waals surface area (Å²) in [6, 6.07) is 14.5. The van der Waals surface area contributed by atoms with Crippen molar-refractivity contribution < 1.29 is 13.2 Å². The number of rotatable bonds is 7. The van der Waals surface area contributed by atoms with Gasteiger partial charge in [0, 0.05) is 25.0 Å². The van der Waals surface area contributed by atoms with Gasteiger partial charge in [-0.3, -0.25) is 4.72 Å². The first-order chi connectivity index (χ1) is 12.3. The monoisotopic (exact) mass is 375 g/mol. The van der Waals surface area contributed by atoms with Crippen molar-refractivity contribution in [3.8, 4) is 0 Å². The molecule has 2 N–H and O–H groups in total. The highest BCUT2D eigenvalue weighted by atomic mass is 32.2. The van der Waals surface area contributed by atoms with Gasteiger partial charge >= 0.3 is 6.03 Å². The van der Waals surface area contributed by atoms with Gasteiger partial charge in [0.1, 0.15) is 0 Å². The van der Waals surface area contributed by atoms with E-state index in [1.807, 2.05) is 12.1 Å². The number of anilines is 2. The molecule has 0 aliphatic heterocycles. The maximum Gasteiger partial charge on any atom is 0.321 e. The first-order valence-electron chi connectivity index (χ1n) is 8.53. The predicted molar refractivity (Wildman–Crippen MR) is 106 cm³/mol. The van der Waals surface area contributed by atoms with Gasteiger partial charge in [0.05, 0.1) is 5.75 Å². The summed E-state index contributed by atoms with van der Waals surface area (Å²) in [7, 11) is -1.58. The zero-order valence-corrected chi connectivity index (χ0v) is 16.1. The molecule has 0 aromatic heterocycles. The van der Waals surface area contributed by atoms with Gasteiger partial charge < -0.3 is 10.2 Å². The molecule has 0 aliphatic carbocycles. The Morgan fingerprint density at radius 3 is 2.00 bits per heavy atom. The number of nitrogens with one attached hydrogen (secondary N) is 2. The number of sulfonamides is 1. The van der Waals surface area contributed by atoms with Crippen LogP contribution in [0, 0.1) is 0 Å². The standard InChI is InChI=1S/C19H25N3O3S/c1-4-15-6-8-16(9-7-15)14-22(3)19(23)20-17-10-12-18(13-11-17)21-26(24,25)5-2/h6-13,21H,4-5,14H2,1-3H3,(H,20,23). The molecule has 0 saturated carbocycles. The van der Waals surface area contributed by atoms with E-state index in [1.54, 1.807) is 43.1 Å². The minimum atomic E-state index is -3.31. The fourth-order valence-corrected chi connectivity index (χ4v) is 2.96. The second-order valence-corrected chi connectivity index (χ2v) is 8.05. The Morgan fingerprint density at radius 1 is 0.923 bits per heavy atom. The molecule has 140 valence electrons. The normalized spacial score (nSPS) is 11.0. The van der Waals surface area contributed by atoms with E-state index in [2.05, 4.69) is 29.1 Å². The van der Waals surface area contributed by atoms with Gasteiger partial charge in [0.2, 0.25) is 10.0 Å². The maximum absolute atomic E-state index is 12.3. The molecule has 6 nitrogen and oxygen atoms in total. The molecular formula is C19H25N3O3S. The summed E-state index contributed by atoms with van der Waals surface area (Å²) in [5.74, 6) is 0.00944. The summed E-state index contributed by atoms with van der Waals surface area (Å²) in [6.07, 6.45) is 0.987. The van der Waals surface area contributed by atoms with Gasteiger partial charge in [-0.05, 0) is 48.7 Å². The molecule has 0 unspecified atom stereocenters. The van der Waals surface area contributed by atoms with Gasteiger partial charge in [0.15, 0.2) is 0 Å². The first-order valence-corrected chi connectivity index (χ1v) is 10.2. The largest absolute Gasteiger partial charge is 0.323 e. The number of amides is 2. The number of hydrogen-bond donors (Lipinski definition) is 2. The zero-order chi connectivity index (χ0) is 19.2. The highest BCUT2D eigenvalue weighted by Gasteiger charge is 2.10. The summed E-state index contributed by atoms with van der Waals surface area (Å²) >= 11 is 0. The van der Waals surface area contributed by atoms with E-state index in [1.165, 1.54) is 5.56 Å². The molecule has 0 bridgehead atoms. The van der Waals surface area contributed by atoms with Crippen molar-refractivity contribution in [1.82, 2.24) is 4.90 Å². The van der Waals surface area contributed by atoms with Crippen LogP contribution >= 0.6 is 0 Å². The van der Waals surface area contributed by atoms with Crippen molar-refractivity contribution in [3.05, 3.63) is 59.7 Å². The molecule has 7 heteroatoms. The number of carbonyl (C=O) groups is 1. The molecule has 0 aliphatic rings. The average Bonchev–Trinajstić information content (AvgIpc) is 2.63. The summed E-state index contributed by atoms with van der Waals surface area (Å²) in [6.45, 7) is 4.18. The molecule has 2 rings (SSSR count). The maximum atomic E-state index is 12.3. The third-order valence-corrected chi connectivity index (χ3v) is 5.29. The quantitative estimate of drug-likeness (QED) is 0.775. The Balaban J connectivity index is 1.93. The second-order valence-electron chi connectivity index (χ2n) is 6.04. The van der Waals surface area contributed by atoms with Gasteiger partial charge in [-0.15, -0.1) is 0 Å². The van der Waals surface area contributed by atoms with Crippen LogP contribution in [0.25, 0.3) is 0 Å². The number of aryl methyl sites for hydroxylation is 1. The molecule has 0 spiro atoms. The Hall–Kier alpha value is -2.54. The van der Waals surface area contributed by atoms with E-state index in [9.17, 15) is 13.2 Å². The van der Waals surface area contributed by atoms with Crippen molar-refractivity contribution in [3.63, 3.8) is 0 Å². The molecular weight excluding hydrogens is 350 g/mol. The Bertz CT molecular complexity index is 831. The summed E-state index contributed by atoms with van der Waals surface area (Å²) in [4.78, 5) is 13.9. The van der Waals surface area contributed by atoms with Gasteiger partial charge in [0.25, 0.3) is 0 Å². The molecule has 0 fully saturated rings. The van der Waals surface area contributed by atoms with Gasteiger partial charge in [-0.2, -0.15) is 0 Å². The molecule has 0 saturated heterocycles. The number of carbonyl (C=O) groups excluding carboxylic acids is 1. The third-order valence-electron chi connectivity index (χ3n) is 3.99. The fourth-order valence-electron chi connectivity index (χ4n) is 2.32. The SMILES string of the molecule is CCc1ccc(CN(C)C(=O)Nc2ccc(NS(=O)(=O)CC)cc2)cc1. The Labute approximate surface area is 155 Å². The number of nitrogens with zero attached hydrogens (tertiary/aromatic N) is 1. The van der Waals surface area contributed by atoms with Crippen molar-refractivity contribution >= 4 is 27.4 Å².